The Bertz CT molecular complexity index is 828. The van der Waals surface area contributed by atoms with E-state index in [1.807, 2.05) is 34.9 Å². The van der Waals surface area contributed by atoms with Gasteiger partial charge in [0.2, 0.25) is 0 Å². The van der Waals surface area contributed by atoms with Crippen LogP contribution in [0, 0.1) is 0 Å². The SMILES string of the molecule is CCCCNc1ccc(-c2nc(Cl)c(CO)n2Cc2ccccc2)cc1. The molecule has 0 atom stereocenters. The first-order valence-corrected chi connectivity index (χ1v) is 9.34. The fraction of sp³-hybridized carbons (Fsp3) is 0.286. The van der Waals surface area contributed by atoms with E-state index < -0.39 is 0 Å². The third-order valence-electron chi connectivity index (χ3n) is 4.36. The van der Waals surface area contributed by atoms with Crippen LogP contribution in [0.2, 0.25) is 5.15 Å². The second-order valence-corrected chi connectivity index (χ2v) is 6.62. The number of aliphatic hydroxyl groups excluding tert-OH is 1. The minimum absolute atomic E-state index is 0.144. The Morgan fingerprint density at radius 2 is 1.81 bits per heavy atom. The molecule has 0 aliphatic carbocycles. The molecule has 1 aromatic heterocycles. The summed E-state index contributed by atoms with van der Waals surface area (Å²) in [5.41, 5.74) is 3.84. The number of aromatic nitrogens is 2. The van der Waals surface area contributed by atoms with Gasteiger partial charge in [-0.1, -0.05) is 55.3 Å². The fourth-order valence-corrected chi connectivity index (χ4v) is 3.15. The summed E-state index contributed by atoms with van der Waals surface area (Å²) in [6, 6.07) is 18.3. The zero-order valence-electron chi connectivity index (χ0n) is 15.0. The summed E-state index contributed by atoms with van der Waals surface area (Å²) >= 11 is 6.28. The van der Waals surface area contributed by atoms with Crippen molar-refractivity contribution in [1.29, 1.82) is 0 Å². The third kappa shape index (κ3) is 4.26. The van der Waals surface area contributed by atoms with Crippen LogP contribution >= 0.6 is 11.6 Å². The molecule has 0 aliphatic heterocycles. The summed E-state index contributed by atoms with van der Waals surface area (Å²) in [6.45, 7) is 3.62. The second kappa shape index (κ2) is 8.88. The number of hydrogen-bond acceptors (Lipinski definition) is 3. The lowest BCUT2D eigenvalue weighted by molar-refractivity contribution is 0.272. The zero-order valence-corrected chi connectivity index (χ0v) is 15.7. The second-order valence-electron chi connectivity index (χ2n) is 6.26. The molecule has 0 amide bonds. The van der Waals surface area contributed by atoms with Gasteiger partial charge in [-0.25, -0.2) is 4.98 Å². The molecule has 0 saturated heterocycles. The normalized spacial score (nSPS) is 10.9. The van der Waals surface area contributed by atoms with Crippen LogP contribution in [0.3, 0.4) is 0 Å². The highest BCUT2D eigenvalue weighted by Gasteiger charge is 2.17. The third-order valence-corrected chi connectivity index (χ3v) is 4.66. The molecule has 2 aromatic carbocycles. The molecule has 0 unspecified atom stereocenters. The van der Waals surface area contributed by atoms with Crippen LogP contribution < -0.4 is 5.32 Å². The van der Waals surface area contributed by atoms with Crippen LogP contribution in [0.5, 0.6) is 0 Å². The van der Waals surface area contributed by atoms with Gasteiger partial charge in [-0.3, -0.25) is 0 Å². The lowest BCUT2D eigenvalue weighted by atomic mass is 10.1. The molecule has 0 spiro atoms. The van der Waals surface area contributed by atoms with E-state index in [2.05, 4.69) is 41.5 Å². The number of anilines is 1. The van der Waals surface area contributed by atoms with Gasteiger partial charge in [-0.05, 0) is 36.2 Å². The highest BCUT2D eigenvalue weighted by atomic mass is 35.5. The first kappa shape index (κ1) is 18.5. The average molecular weight is 370 g/mol. The van der Waals surface area contributed by atoms with E-state index in [0.29, 0.717) is 17.4 Å². The van der Waals surface area contributed by atoms with Gasteiger partial charge in [0.1, 0.15) is 5.82 Å². The molecule has 3 aromatic rings. The number of halogens is 1. The smallest absolute Gasteiger partial charge is 0.153 e. The maximum Gasteiger partial charge on any atom is 0.153 e. The van der Waals surface area contributed by atoms with Crippen molar-refractivity contribution < 1.29 is 5.11 Å². The molecular weight excluding hydrogens is 346 g/mol. The van der Waals surface area contributed by atoms with Gasteiger partial charge in [-0.15, -0.1) is 0 Å². The fourth-order valence-electron chi connectivity index (χ4n) is 2.91. The van der Waals surface area contributed by atoms with Crippen molar-refractivity contribution in [3.63, 3.8) is 0 Å². The number of unbranched alkanes of at least 4 members (excludes halogenated alkanes) is 1. The predicted octanol–water partition coefficient (Wildman–Crippen LogP) is 4.96. The van der Waals surface area contributed by atoms with Crippen LogP contribution in [0.1, 0.15) is 31.0 Å². The zero-order chi connectivity index (χ0) is 18.4. The predicted molar refractivity (Wildman–Crippen MR) is 108 cm³/mol. The van der Waals surface area contributed by atoms with E-state index in [0.717, 1.165) is 35.6 Å². The molecule has 0 radical (unpaired) electrons. The van der Waals surface area contributed by atoms with E-state index in [9.17, 15) is 5.11 Å². The van der Waals surface area contributed by atoms with Crippen LogP contribution in [-0.2, 0) is 13.2 Å². The van der Waals surface area contributed by atoms with Gasteiger partial charge < -0.3 is 15.0 Å². The summed E-state index contributed by atoms with van der Waals surface area (Å²) in [5, 5.41) is 13.5. The Morgan fingerprint density at radius 3 is 2.46 bits per heavy atom. The topological polar surface area (TPSA) is 50.1 Å². The Hall–Kier alpha value is -2.30. The monoisotopic (exact) mass is 369 g/mol. The summed E-state index contributed by atoms with van der Waals surface area (Å²) in [7, 11) is 0. The molecule has 136 valence electrons. The first-order chi connectivity index (χ1) is 12.7. The summed E-state index contributed by atoms with van der Waals surface area (Å²) in [4.78, 5) is 4.50. The summed E-state index contributed by atoms with van der Waals surface area (Å²) < 4.78 is 1.98. The van der Waals surface area contributed by atoms with Gasteiger partial charge in [-0.2, -0.15) is 0 Å². The molecule has 0 bridgehead atoms. The number of benzene rings is 2. The summed E-state index contributed by atoms with van der Waals surface area (Å²) in [6.07, 6.45) is 2.32. The highest BCUT2D eigenvalue weighted by Crippen LogP contribution is 2.27. The quantitative estimate of drug-likeness (QED) is 0.552. The van der Waals surface area contributed by atoms with E-state index in [1.165, 1.54) is 6.42 Å². The van der Waals surface area contributed by atoms with E-state index in [4.69, 9.17) is 11.6 Å². The number of nitrogens with zero attached hydrogens (tertiary/aromatic N) is 2. The molecule has 0 aliphatic rings. The van der Waals surface area contributed by atoms with Crippen molar-refractivity contribution in [1.82, 2.24) is 9.55 Å². The van der Waals surface area contributed by atoms with Gasteiger partial charge in [0.05, 0.1) is 12.3 Å². The lowest BCUT2D eigenvalue weighted by Crippen LogP contribution is -2.07. The maximum absolute atomic E-state index is 9.75. The number of imidazole rings is 1. The maximum atomic E-state index is 9.75. The Labute approximate surface area is 159 Å². The van der Waals surface area contributed by atoms with Crippen molar-refractivity contribution in [3.05, 3.63) is 71.0 Å². The number of aliphatic hydroxyl groups is 1. The van der Waals surface area contributed by atoms with Crippen LogP contribution in [0.25, 0.3) is 11.4 Å². The van der Waals surface area contributed by atoms with Gasteiger partial charge >= 0.3 is 0 Å². The van der Waals surface area contributed by atoms with Crippen molar-refractivity contribution in [2.24, 2.45) is 0 Å². The lowest BCUT2D eigenvalue weighted by Gasteiger charge is -2.12. The van der Waals surface area contributed by atoms with E-state index in [1.54, 1.807) is 0 Å². The number of nitrogens with one attached hydrogen (secondary N) is 1. The average Bonchev–Trinajstić information content (AvgIpc) is 2.98. The van der Waals surface area contributed by atoms with E-state index in [-0.39, 0.29) is 6.61 Å². The number of hydrogen-bond donors (Lipinski definition) is 2. The Balaban J connectivity index is 1.89. The summed E-state index contributed by atoms with van der Waals surface area (Å²) in [5.74, 6) is 0.767. The molecule has 1 heterocycles. The molecule has 0 fully saturated rings. The molecule has 4 nitrogen and oxygen atoms in total. The van der Waals surface area contributed by atoms with Crippen molar-refractivity contribution in [2.75, 3.05) is 11.9 Å². The highest BCUT2D eigenvalue weighted by molar-refractivity contribution is 6.30. The van der Waals surface area contributed by atoms with Crippen molar-refractivity contribution in [3.8, 4) is 11.4 Å². The minimum atomic E-state index is -0.144. The molecule has 5 heteroatoms. The van der Waals surface area contributed by atoms with Gasteiger partial charge in [0, 0.05) is 24.3 Å². The van der Waals surface area contributed by atoms with Crippen molar-refractivity contribution in [2.45, 2.75) is 32.9 Å². The number of rotatable bonds is 8. The standard InChI is InChI=1S/C21H24ClN3O/c1-2-3-13-23-18-11-9-17(10-12-18)21-24-20(22)19(15-26)25(21)14-16-7-5-4-6-8-16/h4-12,23,26H,2-3,13-15H2,1H3. The molecule has 0 saturated carbocycles. The first-order valence-electron chi connectivity index (χ1n) is 8.97. The van der Waals surface area contributed by atoms with Crippen LogP contribution in [0.15, 0.2) is 54.6 Å². The molecular formula is C21H24ClN3O. The van der Waals surface area contributed by atoms with E-state index >= 15 is 0 Å². The largest absolute Gasteiger partial charge is 0.390 e. The Morgan fingerprint density at radius 1 is 1.08 bits per heavy atom. The van der Waals surface area contributed by atoms with Crippen molar-refractivity contribution >= 4 is 17.3 Å². The minimum Gasteiger partial charge on any atom is -0.390 e. The van der Waals surface area contributed by atoms with Crippen LogP contribution in [0.4, 0.5) is 5.69 Å². The molecule has 2 N–H and O–H groups in total. The molecule has 3 rings (SSSR count). The van der Waals surface area contributed by atoms with Gasteiger partial charge in [0.25, 0.3) is 0 Å². The Kier molecular flexibility index (Phi) is 6.31. The van der Waals surface area contributed by atoms with Gasteiger partial charge in [0.15, 0.2) is 5.15 Å². The molecule has 26 heavy (non-hydrogen) atoms. The van der Waals surface area contributed by atoms with Crippen LogP contribution in [-0.4, -0.2) is 21.2 Å².